The molecule has 0 spiro atoms. The molecule has 0 aromatic heterocycles. The molecule has 0 radical (unpaired) electrons. The van der Waals surface area contributed by atoms with Gasteiger partial charge >= 0.3 is 0 Å². The minimum absolute atomic E-state index is 0.0580. The van der Waals surface area contributed by atoms with Crippen molar-refractivity contribution in [1.82, 2.24) is 10.2 Å². The lowest BCUT2D eigenvalue weighted by molar-refractivity contribution is -0.122. The van der Waals surface area contributed by atoms with Crippen LogP contribution in [0.15, 0.2) is 18.2 Å². The maximum Gasteiger partial charge on any atom is 0.234 e. The predicted molar refractivity (Wildman–Crippen MR) is 89.4 cm³/mol. The Hall–Kier alpha value is -1.26. The second-order valence-electron chi connectivity index (χ2n) is 5.78. The molecule has 4 nitrogen and oxygen atoms in total. The van der Waals surface area contributed by atoms with Crippen LogP contribution >= 0.6 is 11.6 Å². The first kappa shape index (κ1) is 17.1. The Bertz CT molecular complexity index is 486. The molecule has 1 aromatic carbocycles. The largest absolute Gasteiger partial charge is 0.496 e. The highest BCUT2D eigenvalue weighted by Gasteiger charge is 2.13. The molecule has 1 N–H and O–H groups in total. The highest BCUT2D eigenvalue weighted by molar-refractivity contribution is 6.30. The number of benzene rings is 1. The van der Waals surface area contributed by atoms with Crippen molar-refractivity contribution in [3.63, 3.8) is 0 Å². The first-order valence-electron chi connectivity index (χ1n) is 8.00. The zero-order chi connectivity index (χ0) is 15.8. The Morgan fingerprint density at radius 1 is 1.23 bits per heavy atom. The average Bonchev–Trinajstić information content (AvgIpc) is 2.48. The van der Waals surface area contributed by atoms with Crippen LogP contribution in [0.3, 0.4) is 0 Å². The zero-order valence-corrected chi connectivity index (χ0v) is 14.0. The minimum atomic E-state index is 0.0580. The Morgan fingerprint density at radius 3 is 2.59 bits per heavy atom. The van der Waals surface area contributed by atoms with E-state index in [4.69, 9.17) is 16.3 Å². The number of hydrogen-bond donors (Lipinski definition) is 1. The molecule has 0 atom stereocenters. The summed E-state index contributed by atoms with van der Waals surface area (Å²) in [6.07, 6.45) is 6.26. The van der Waals surface area contributed by atoms with Crippen LogP contribution in [0.1, 0.15) is 37.7 Å². The summed E-state index contributed by atoms with van der Waals surface area (Å²) in [4.78, 5) is 14.4. The molecule has 2 rings (SSSR count). The van der Waals surface area contributed by atoms with E-state index in [2.05, 4.69) is 10.2 Å². The van der Waals surface area contributed by atoms with Crippen molar-refractivity contribution in [3.8, 4) is 5.75 Å². The first-order valence-corrected chi connectivity index (χ1v) is 8.38. The molecule has 0 aliphatic carbocycles. The lowest BCUT2D eigenvalue weighted by Crippen LogP contribution is -2.38. The van der Waals surface area contributed by atoms with Crippen LogP contribution < -0.4 is 10.1 Å². The van der Waals surface area contributed by atoms with E-state index in [1.54, 1.807) is 13.2 Å². The number of nitrogens with one attached hydrogen (secondary N) is 1. The summed E-state index contributed by atoms with van der Waals surface area (Å²) < 4.78 is 5.29. The van der Waals surface area contributed by atoms with Crippen LogP contribution in [-0.2, 0) is 11.3 Å². The minimum Gasteiger partial charge on any atom is -0.496 e. The van der Waals surface area contributed by atoms with Gasteiger partial charge in [0.05, 0.1) is 13.7 Å². The lowest BCUT2D eigenvalue weighted by Gasteiger charge is -2.23. The number of carbonyl (C=O) groups excluding carboxylic acids is 1. The van der Waals surface area contributed by atoms with E-state index in [9.17, 15) is 4.79 Å². The van der Waals surface area contributed by atoms with E-state index >= 15 is 0 Å². The van der Waals surface area contributed by atoms with Crippen molar-refractivity contribution in [2.75, 3.05) is 26.7 Å². The number of halogens is 1. The smallest absolute Gasteiger partial charge is 0.234 e. The van der Waals surface area contributed by atoms with Gasteiger partial charge in [0.15, 0.2) is 0 Å². The molecule has 1 aliphatic heterocycles. The molecule has 1 amide bonds. The molecular weight excluding hydrogens is 300 g/mol. The highest BCUT2D eigenvalue weighted by Crippen LogP contribution is 2.22. The summed E-state index contributed by atoms with van der Waals surface area (Å²) >= 11 is 6.00. The van der Waals surface area contributed by atoms with Gasteiger partial charge in [-0.1, -0.05) is 30.9 Å². The Morgan fingerprint density at radius 2 is 1.91 bits per heavy atom. The third kappa shape index (κ3) is 5.50. The normalized spacial score (nSPS) is 16.6. The summed E-state index contributed by atoms with van der Waals surface area (Å²) in [5.41, 5.74) is 0.899. The van der Waals surface area contributed by atoms with E-state index in [0.29, 0.717) is 18.1 Å². The summed E-state index contributed by atoms with van der Waals surface area (Å²) in [6, 6.07) is 5.44. The molecule has 1 aliphatic rings. The van der Waals surface area contributed by atoms with Gasteiger partial charge in [-0.2, -0.15) is 0 Å². The fourth-order valence-corrected chi connectivity index (χ4v) is 3.00. The van der Waals surface area contributed by atoms with Gasteiger partial charge in [-0.15, -0.1) is 0 Å². The summed E-state index contributed by atoms with van der Waals surface area (Å²) in [7, 11) is 1.62. The SMILES string of the molecule is COc1ccc(Cl)cc1CNC(=O)CN1CCCCCCC1. The van der Waals surface area contributed by atoms with E-state index < -0.39 is 0 Å². The quantitative estimate of drug-likeness (QED) is 0.904. The Labute approximate surface area is 137 Å². The number of amides is 1. The molecule has 0 saturated carbocycles. The van der Waals surface area contributed by atoms with E-state index in [1.165, 1.54) is 32.1 Å². The van der Waals surface area contributed by atoms with Gasteiger partial charge in [0.25, 0.3) is 0 Å². The summed E-state index contributed by atoms with van der Waals surface area (Å²) in [6.45, 7) is 2.96. The van der Waals surface area contributed by atoms with Crippen LogP contribution in [0.4, 0.5) is 0 Å². The molecule has 0 bridgehead atoms. The average molecular weight is 325 g/mol. The van der Waals surface area contributed by atoms with Gasteiger partial charge in [0.2, 0.25) is 5.91 Å². The predicted octanol–water partition coefficient (Wildman–Crippen LogP) is 3.23. The fourth-order valence-electron chi connectivity index (χ4n) is 2.81. The topological polar surface area (TPSA) is 41.6 Å². The van der Waals surface area contributed by atoms with Crippen LogP contribution in [0, 0.1) is 0 Å². The second-order valence-corrected chi connectivity index (χ2v) is 6.21. The van der Waals surface area contributed by atoms with Gasteiger partial charge < -0.3 is 10.1 Å². The van der Waals surface area contributed by atoms with Crippen molar-refractivity contribution in [2.45, 2.75) is 38.6 Å². The van der Waals surface area contributed by atoms with E-state index in [-0.39, 0.29) is 5.91 Å². The number of likely N-dealkylation sites (tertiary alicyclic amines) is 1. The van der Waals surface area contributed by atoms with E-state index in [1.807, 2.05) is 12.1 Å². The van der Waals surface area contributed by atoms with Gasteiger partial charge in [0, 0.05) is 17.1 Å². The highest BCUT2D eigenvalue weighted by atomic mass is 35.5. The van der Waals surface area contributed by atoms with Crippen molar-refractivity contribution >= 4 is 17.5 Å². The first-order chi connectivity index (χ1) is 10.7. The number of carbonyl (C=O) groups is 1. The fraction of sp³-hybridized carbons (Fsp3) is 0.588. The van der Waals surface area contributed by atoms with Crippen LogP contribution in [0.25, 0.3) is 0 Å². The number of ether oxygens (including phenoxy) is 1. The molecule has 1 aromatic rings. The van der Waals surface area contributed by atoms with Crippen molar-refractivity contribution in [3.05, 3.63) is 28.8 Å². The van der Waals surface area contributed by atoms with Crippen molar-refractivity contribution in [2.24, 2.45) is 0 Å². The maximum absolute atomic E-state index is 12.1. The summed E-state index contributed by atoms with van der Waals surface area (Å²) in [5, 5.41) is 3.61. The van der Waals surface area contributed by atoms with Crippen molar-refractivity contribution in [1.29, 1.82) is 0 Å². The Kier molecular flexibility index (Phi) is 7.00. The van der Waals surface area contributed by atoms with Crippen molar-refractivity contribution < 1.29 is 9.53 Å². The molecule has 122 valence electrons. The number of nitrogens with zero attached hydrogens (tertiary/aromatic N) is 1. The van der Waals surface area contributed by atoms with E-state index in [0.717, 1.165) is 24.4 Å². The molecule has 1 saturated heterocycles. The Balaban J connectivity index is 1.83. The summed E-state index contributed by atoms with van der Waals surface area (Å²) in [5.74, 6) is 0.804. The zero-order valence-electron chi connectivity index (χ0n) is 13.2. The van der Waals surface area contributed by atoms with Gasteiger partial charge in [-0.3, -0.25) is 9.69 Å². The second kappa shape index (κ2) is 9.01. The number of rotatable bonds is 5. The third-order valence-electron chi connectivity index (χ3n) is 4.03. The number of hydrogen-bond acceptors (Lipinski definition) is 3. The third-order valence-corrected chi connectivity index (χ3v) is 4.27. The van der Waals surface area contributed by atoms with Gasteiger partial charge in [-0.25, -0.2) is 0 Å². The molecule has 0 unspecified atom stereocenters. The van der Waals surface area contributed by atoms with Gasteiger partial charge in [-0.05, 0) is 44.1 Å². The molecule has 1 heterocycles. The maximum atomic E-state index is 12.1. The van der Waals surface area contributed by atoms with Crippen LogP contribution in [-0.4, -0.2) is 37.6 Å². The monoisotopic (exact) mass is 324 g/mol. The molecule has 5 heteroatoms. The molecular formula is C17H25ClN2O2. The standard InChI is InChI=1S/C17H25ClN2O2/c1-22-16-8-7-15(18)11-14(16)12-19-17(21)13-20-9-5-3-2-4-6-10-20/h7-8,11H,2-6,9-10,12-13H2,1H3,(H,19,21). The van der Waals surface area contributed by atoms with Gasteiger partial charge in [0.1, 0.15) is 5.75 Å². The number of methoxy groups -OCH3 is 1. The molecule has 22 heavy (non-hydrogen) atoms. The van der Waals surface area contributed by atoms with Crippen LogP contribution in [0.5, 0.6) is 5.75 Å². The molecule has 1 fully saturated rings. The lowest BCUT2D eigenvalue weighted by atomic mass is 10.1. The van der Waals surface area contributed by atoms with Crippen LogP contribution in [0.2, 0.25) is 5.02 Å².